The normalized spacial score (nSPS) is 20.8. The van der Waals surface area contributed by atoms with E-state index in [-0.39, 0.29) is 84.3 Å². The lowest BCUT2D eigenvalue weighted by Gasteiger charge is -2.41. The van der Waals surface area contributed by atoms with Crippen LogP contribution in [0.2, 0.25) is 0 Å². The maximum Gasteiger partial charge on any atom is 0.250 e. The highest BCUT2D eigenvalue weighted by Gasteiger charge is 2.44. The SMILES string of the molecule is CC[C@H](C)[C@@H]([C@@H](CC(=O)N1CCC[C@H]1[C@H](OC)[C@@H](C)C(=O)C[C@H](C(=O)N1CCCCO1)[C@@H](C)c1ccccc1)OC)N(C)C(=O)[C@@H](CC(=O)[C@@H](NC)C(C)C)C(C)C. The fraction of sp³-hybridized carbons (Fsp3) is 0.761. The second kappa shape index (κ2) is 23.6. The standard InChI is InChI=1S/C46H76N4O8/c1-13-31(6)43(48(10)45(54)35(29(2)3)26-39(52)42(47-9)30(4)5)40(56-11)28-41(53)49-23-19-22-37(49)44(57-12)33(8)38(51)27-36(32(7)34-20-15-14-16-21-34)46(55)50-24-17-18-25-58-50/h14-16,20-21,29-33,35-37,40,42-44,47H,13,17-19,22-28H2,1-12H3/t31-,32-,33-,35-,36-,37-,40+,42-,43-,44+/m0/s1. The Morgan fingerprint density at radius 3 is 2.03 bits per heavy atom. The van der Waals surface area contributed by atoms with Crippen LogP contribution in [-0.2, 0) is 38.3 Å². The first kappa shape index (κ1) is 49.2. The van der Waals surface area contributed by atoms with Crippen LogP contribution < -0.4 is 5.32 Å². The smallest absolute Gasteiger partial charge is 0.250 e. The van der Waals surface area contributed by atoms with Crippen LogP contribution in [0.5, 0.6) is 0 Å². The average Bonchev–Trinajstić information content (AvgIpc) is 3.71. The van der Waals surface area contributed by atoms with Gasteiger partial charge in [-0.3, -0.25) is 28.8 Å². The molecule has 1 aromatic carbocycles. The van der Waals surface area contributed by atoms with E-state index in [0.29, 0.717) is 26.1 Å². The lowest BCUT2D eigenvalue weighted by molar-refractivity contribution is -0.202. The van der Waals surface area contributed by atoms with Gasteiger partial charge in [0, 0.05) is 59.0 Å². The van der Waals surface area contributed by atoms with Gasteiger partial charge in [-0.05, 0) is 62.0 Å². The Morgan fingerprint density at radius 2 is 1.50 bits per heavy atom. The van der Waals surface area contributed by atoms with Crippen molar-refractivity contribution in [3.63, 3.8) is 0 Å². The van der Waals surface area contributed by atoms with Gasteiger partial charge in [-0.25, -0.2) is 5.06 Å². The molecule has 0 unspecified atom stereocenters. The second-order valence-electron chi connectivity index (χ2n) is 17.6. The molecule has 58 heavy (non-hydrogen) atoms. The quantitative estimate of drug-likeness (QED) is 0.135. The number of amides is 3. The van der Waals surface area contributed by atoms with Crippen LogP contribution in [0.15, 0.2) is 30.3 Å². The van der Waals surface area contributed by atoms with Crippen molar-refractivity contribution in [2.75, 3.05) is 48.0 Å². The molecule has 0 saturated carbocycles. The molecule has 0 radical (unpaired) electrons. The Labute approximate surface area is 349 Å². The van der Waals surface area contributed by atoms with Gasteiger partial charge in [0.25, 0.3) is 0 Å². The number of benzene rings is 1. The van der Waals surface area contributed by atoms with E-state index in [2.05, 4.69) is 19.2 Å². The zero-order valence-electron chi connectivity index (χ0n) is 37.7. The number of ether oxygens (including phenoxy) is 2. The Bertz CT molecular complexity index is 1470. The Kier molecular flexibility index (Phi) is 20.0. The molecule has 12 heteroatoms. The van der Waals surface area contributed by atoms with E-state index in [1.165, 1.54) is 5.06 Å². The van der Waals surface area contributed by atoms with E-state index in [9.17, 15) is 24.0 Å². The highest BCUT2D eigenvalue weighted by molar-refractivity contribution is 5.90. The summed E-state index contributed by atoms with van der Waals surface area (Å²) in [6.45, 7) is 17.4. The summed E-state index contributed by atoms with van der Waals surface area (Å²) in [6.07, 6.45) is 2.93. The Hall–Kier alpha value is -3.19. The largest absolute Gasteiger partial charge is 0.379 e. The molecule has 2 aliphatic heterocycles. The zero-order valence-corrected chi connectivity index (χ0v) is 37.7. The molecule has 1 aromatic rings. The van der Waals surface area contributed by atoms with Gasteiger partial charge in [0.15, 0.2) is 5.78 Å². The highest BCUT2D eigenvalue weighted by atomic mass is 16.7. The number of likely N-dealkylation sites (N-methyl/N-ethyl adjacent to an activating group) is 2. The molecule has 2 heterocycles. The van der Waals surface area contributed by atoms with Crippen molar-refractivity contribution in [1.29, 1.82) is 0 Å². The number of hydroxylamine groups is 2. The summed E-state index contributed by atoms with van der Waals surface area (Å²) in [7, 11) is 6.71. The van der Waals surface area contributed by atoms with Gasteiger partial charge in [0.1, 0.15) is 5.78 Å². The van der Waals surface area contributed by atoms with Crippen molar-refractivity contribution in [1.82, 2.24) is 20.2 Å². The van der Waals surface area contributed by atoms with Crippen molar-refractivity contribution in [3.8, 4) is 0 Å². The van der Waals surface area contributed by atoms with E-state index in [1.807, 2.05) is 76.8 Å². The summed E-state index contributed by atoms with van der Waals surface area (Å²) in [6, 6.07) is 8.68. The number of ketones is 2. The van der Waals surface area contributed by atoms with Gasteiger partial charge < -0.3 is 24.6 Å². The lowest BCUT2D eigenvalue weighted by atomic mass is 9.80. The van der Waals surface area contributed by atoms with E-state index < -0.39 is 36.0 Å². The predicted octanol–water partition coefficient (Wildman–Crippen LogP) is 6.32. The number of hydrogen-bond donors (Lipinski definition) is 1. The van der Waals surface area contributed by atoms with E-state index in [0.717, 1.165) is 31.2 Å². The minimum Gasteiger partial charge on any atom is -0.379 e. The van der Waals surface area contributed by atoms with Crippen LogP contribution in [0.3, 0.4) is 0 Å². The number of methoxy groups -OCH3 is 2. The van der Waals surface area contributed by atoms with Crippen LogP contribution >= 0.6 is 0 Å². The second-order valence-corrected chi connectivity index (χ2v) is 17.6. The minimum atomic E-state index is -0.623. The van der Waals surface area contributed by atoms with E-state index >= 15 is 0 Å². The van der Waals surface area contributed by atoms with Crippen molar-refractivity contribution in [3.05, 3.63) is 35.9 Å². The van der Waals surface area contributed by atoms with Gasteiger partial charge >= 0.3 is 0 Å². The van der Waals surface area contributed by atoms with Crippen LogP contribution in [-0.4, -0.2) is 122 Å². The number of Topliss-reactive ketones (excluding diaryl/α,β-unsaturated/α-hetero) is 2. The third-order valence-electron chi connectivity index (χ3n) is 13.1. The average molecular weight is 813 g/mol. The Balaban J connectivity index is 1.82. The van der Waals surface area contributed by atoms with E-state index in [4.69, 9.17) is 14.3 Å². The van der Waals surface area contributed by atoms with Crippen LogP contribution in [0.1, 0.15) is 118 Å². The van der Waals surface area contributed by atoms with Crippen molar-refractivity contribution < 1.29 is 38.3 Å². The van der Waals surface area contributed by atoms with Gasteiger partial charge in [0.2, 0.25) is 17.7 Å². The monoisotopic (exact) mass is 813 g/mol. The number of likely N-dealkylation sites (tertiary alicyclic amines) is 1. The number of nitrogens with one attached hydrogen (secondary N) is 1. The van der Waals surface area contributed by atoms with Gasteiger partial charge in [-0.2, -0.15) is 0 Å². The molecule has 328 valence electrons. The third-order valence-corrected chi connectivity index (χ3v) is 13.1. The summed E-state index contributed by atoms with van der Waals surface area (Å²) in [5.74, 6) is -2.45. The lowest BCUT2D eigenvalue weighted by Crippen LogP contribution is -2.54. The predicted molar refractivity (Wildman–Crippen MR) is 227 cm³/mol. The Morgan fingerprint density at radius 1 is 0.845 bits per heavy atom. The summed E-state index contributed by atoms with van der Waals surface area (Å²) in [5.41, 5.74) is 0.978. The molecule has 12 nitrogen and oxygen atoms in total. The highest BCUT2D eigenvalue weighted by Crippen LogP contribution is 2.34. The van der Waals surface area contributed by atoms with Crippen molar-refractivity contribution >= 4 is 29.3 Å². The molecule has 0 aliphatic carbocycles. The summed E-state index contributed by atoms with van der Waals surface area (Å²) >= 11 is 0. The first-order valence-electron chi connectivity index (χ1n) is 21.9. The topological polar surface area (TPSA) is 135 Å². The molecule has 2 aliphatic rings. The maximum absolute atomic E-state index is 14.4. The fourth-order valence-corrected chi connectivity index (χ4v) is 9.24. The molecule has 3 rings (SSSR count). The number of nitrogens with zero attached hydrogens (tertiary/aromatic N) is 3. The first-order valence-corrected chi connectivity index (χ1v) is 21.9. The van der Waals surface area contributed by atoms with Crippen LogP contribution in [0.25, 0.3) is 0 Å². The molecule has 10 atom stereocenters. The molecule has 0 spiro atoms. The molecule has 3 amide bonds. The molecule has 0 aromatic heterocycles. The number of carbonyl (C=O) groups excluding carboxylic acids is 5. The molecular formula is C46H76N4O8. The van der Waals surface area contributed by atoms with Gasteiger partial charge in [-0.1, -0.05) is 92.1 Å². The summed E-state index contributed by atoms with van der Waals surface area (Å²) in [4.78, 5) is 79.6. The van der Waals surface area contributed by atoms with Crippen LogP contribution in [0, 0.1) is 35.5 Å². The van der Waals surface area contributed by atoms with Gasteiger partial charge in [0.05, 0.1) is 49.3 Å². The number of hydrogen-bond acceptors (Lipinski definition) is 9. The zero-order chi connectivity index (χ0) is 43.3. The molecule has 2 fully saturated rings. The van der Waals surface area contributed by atoms with Crippen molar-refractivity contribution in [2.24, 2.45) is 35.5 Å². The molecular weight excluding hydrogens is 737 g/mol. The van der Waals surface area contributed by atoms with E-state index in [1.54, 1.807) is 33.2 Å². The number of carbonyl (C=O) groups is 5. The summed E-state index contributed by atoms with van der Waals surface area (Å²) in [5, 5.41) is 4.56. The molecule has 2 saturated heterocycles. The third kappa shape index (κ3) is 12.4. The minimum absolute atomic E-state index is 0.000975. The van der Waals surface area contributed by atoms with Crippen LogP contribution in [0.4, 0.5) is 0 Å². The molecule has 0 bridgehead atoms. The van der Waals surface area contributed by atoms with Crippen molar-refractivity contribution in [2.45, 2.75) is 143 Å². The van der Waals surface area contributed by atoms with Gasteiger partial charge in [-0.15, -0.1) is 0 Å². The fourth-order valence-electron chi connectivity index (χ4n) is 9.24. The number of rotatable bonds is 23. The maximum atomic E-state index is 14.4. The molecule has 1 N–H and O–H groups in total. The first-order chi connectivity index (χ1) is 27.5. The summed E-state index contributed by atoms with van der Waals surface area (Å²) < 4.78 is 12.2.